The molecule has 1 aromatic heterocycles. The number of hydrogen-bond acceptors (Lipinski definition) is 6. The van der Waals surface area contributed by atoms with Crippen LogP contribution in [0.3, 0.4) is 0 Å². The molecule has 0 saturated heterocycles. The topological polar surface area (TPSA) is 96.3 Å². The number of sulfonamides is 1. The van der Waals surface area contributed by atoms with Gasteiger partial charge in [0.1, 0.15) is 9.77 Å². The third kappa shape index (κ3) is 2.15. The summed E-state index contributed by atoms with van der Waals surface area (Å²) in [6, 6.07) is 0. The van der Waals surface area contributed by atoms with E-state index in [1.165, 1.54) is 18.5 Å². The first-order valence-electron chi connectivity index (χ1n) is 4.01. The number of nitriles is 1. The van der Waals surface area contributed by atoms with E-state index in [4.69, 9.17) is 5.26 Å². The van der Waals surface area contributed by atoms with Crippen LogP contribution in [0, 0.1) is 18.4 Å². The Morgan fingerprint density at radius 2 is 2.25 bits per heavy atom. The van der Waals surface area contributed by atoms with Gasteiger partial charge in [-0.2, -0.15) is 5.26 Å². The molecule has 6 nitrogen and oxygen atoms in total. The van der Waals surface area contributed by atoms with Crippen molar-refractivity contribution in [3.8, 4) is 6.19 Å². The average molecular weight is 260 g/mol. The number of esters is 1. The second-order valence-electron chi connectivity index (χ2n) is 2.79. The van der Waals surface area contributed by atoms with Crippen molar-refractivity contribution < 1.29 is 17.9 Å². The van der Waals surface area contributed by atoms with Gasteiger partial charge in [0.2, 0.25) is 0 Å². The maximum Gasteiger partial charge on any atom is 0.349 e. The summed E-state index contributed by atoms with van der Waals surface area (Å²) in [4.78, 5) is 11.1. The highest BCUT2D eigenvalue weighted by Gasteiger charge is 2.27. The maximum atomic E-state index is 11.6. The van der Waals surface area contributed by atoms with Crippen LogP contribution in [-0.4, -0.2) is 21.5 Å². The van der Waals surface area contributed by atoms with Crippen LogP contribution in [0.2, 0.25) is 0 Å². The van der Waals surface area contributed by atoms with Crippen LogP contribution in [0.15, 0.2) is 10.3 Å². The molecule has 16 heavy (non-hydrogen) atoms. The first kappa shape index (κ1) is 12.5. The molecular formula is C8H8N2O4S2. The molecule has 0 aliphatic carbocycles. The van der Waals surface area contributed by atoms with Gasteiger partial charge in [0.15, 0.2) is 6.19 Å². The third-order valence-electron chi connectivity index (χ3n) is 1.74. The van der Waals surface area contributed by atoms with Crippen LogP contribution in [0.5, 0.6) is 0 Å². The number of carbonyl (C=O) groups excluding carboxylic acids is 1. The molecule has 1 N–H and O–H groups in total. The Balaban J connectivity index is 3.40. The fourth-order valence-electron chi connectivity index (χ4n) is 1.11. The zero-order chi connectivity index (χ0) is 12.3. The number of hydrogen-bond donors (Lipinski definition) is 1. The molecule has 0 aliphatic heterocycles. The minimum Gasteiger partial charge on any atom is -0.465 e. The summed E-state index contributed by atoms with van der Waals surface area (Å²) < 4.78 is 29.4. The van der Waals surface area contributed by atoms with Crippen LogP contribution in [-0.2, 0) is 14.8 Å². The molecule has 0 atom stereocenters. The second kappa shape index (κ2) is 4.51. The van der Waals surface area contributed by atoms with Gasteiger partial charge in [0, 0.05) is 0 Å². The van der Waals surface area contributed by atoms with Crippen molar-refractivity contribution in [2.24, 2.45) is 0 Å². The number of aryl methyl sites for hydroxylation is 1. The summed E-state index contributed by atoms with van der Waals surface area (Å²) in [6.45, 7) is 1.54. The highest BCUT2D eigenvalue weighted by atomic mass is 32.2. The maximum absolute atomic E-state index is 11.6. The van der Waals surface area contributed by atoms with Crippen molar-refractivity contribution in [2.75, 3.05) is 7.11 Å². The van der Waals surface area contributed by atoms with Gasteiger partial charge in [-0.1, -0.05) is 0 Å². The minimum atomic E-state index is -3.98. The molecule has 1 aromatic rings. The van der Waals surface area contributed by atoms with E-state index in [2.05, 4.69) is 4.74 Å². The molecule has 0 unspecified atom stereocenters. The number of carbonyl (C=O) groups is 1. The SMILES string of the molecule is COC(=O)c1scc(C)c1S(=O)(=O)NC#N. The van der Waals surface area contributed by atoms with Crippen LogP contribution in [0.1, 0.15) is 15.2 Å². The molecule has 8 heteroatoms. The highest BCUT2D eigenvalue weighted by molar-refractivity contribution is 7.90. The van der Waals surface area contributed by atoms with E-state index in [1.54, 1.807) is 4.72 Å². The predicted molar refractivity (Wildman–Crippen MR) is 56.3 cm³/mol. The molecule has 86 valence electrons. The summed E-state index contributed by atoms with van der Waals surface area (Å²) >= 11 is 0.958. The van der Waals surface area contributed by atoms with Crippen molar-refractivity contribution >= 4 is 27.3 Å². The number of nitrogens with zero attached hydrogens (tertiary/aromatic N) is 1. The molecule has 0 aromatic carbocycles. The van der Waals surface area contributed by atoms with Crippen molar-refractivity contribution in [1.29, 1.82) is 5.26 Å². The zero-order valence-corrected chi connectivity index (χ0v) is 10.1. The predicted octanol–water partition coefficient (Wildman–Crippen LogP) is 0.603. The van der Waals surface area contributed by atoms with E-state index in [1.807, 2.05) is 0 Å². The number of thiophene rings is 1. The lowest BCUT2D eigenvalue weighted by Crippen LogP contribution is -2.20. The number of nitrogens with one attached hydrogen (secondary N) is 1. The molecule has 0 aliphatic rings. The molecule has 0 saturated carbocycles. The van der Waals surface area contributed by atoms with Crippen molar-refractivity contribution in [2.45, 2.75) is 11.8 Å². The summed E-state index contributed by atoms with van der Waals surface area (Å²) in [5, 5.41) is 9.84. The van der Waals surface area contributed by atoms with Gasteiger partial charge in [-0.15, -0.1) is 11.3 Å². The van der Waals surface area contributed by atoms with E-state index >= 15 is 0 Å². The zero-order valence-electron chi connectivity index (χ0n) is 8.47. The van der Waals surface area contributed by atoms with Crippen LogP contribution >= 0.6 is 11.3 Å². The van der Waals surface area contributed by atoms with E-state index < -0.39 is 16.0 Å². The Labute approximate surface area is 96.5 Å². The normalized spacial score (nSPS) is 10.6. The Morgan fingerprint density at radius 3 is 2.75 bits per heavy atom. The minimum absolute atomic E-state index is 0.0391. The standard InChI is InChI=1S/C8H8N2O4S2/c1-5-3-15-6(8(11)14-2)7(5)16(12,13)10-4-9/h3,10H,1-2H3. The number of methoxy groups -OCH3 is 1. The van der Waals surface area contributed by atoms with Gasteiger partial charge in [-0.05, 0) is 17.9 Å². The van der Waals surface area contributed by atoms with Crippen LogP contribution < -0.4 is 4.72 Å². The highest BCUT2D eigenvalue weighted by Crippen LogP contribution is 2.27. The quantitative estimate of drug-likeness (QED) is 0.487. The molecule has 0 amide bonds. The molecule has 1 rings (SSSR count). The summed E-state index contributed by atoms with van der Waals surface area (Å²) in [5.74, 6) is -0.739. The smallest absolute Gasteiger partial charge is 0.349 e. The Hall–Kier alpha value is -1.59. The van der Waals surface area contributed by atoms with Gasteiger partial charge >= 0.3 is 5.97 Å². The van der Waals surface area contributed by atoms with Crippen LogP contribution in [0.25, 0.3) is 0 Å². The molecule has 0 spiro atoms. The monoisotopic (exact) mass is 260 g/mol. The van der Waals surface area contributed by atoms with E-state index in [9.17, 15) is 13.2 Å². The molecule has 0 radical (unpaired) electrons. The summed E-state index contributed by atoms with van der Waals surface area (Å²) in [7, 11) is -2.83. The fourth-order valence-corrected chi connectivity index (χ4v) is 3.55. The molecule has 0 fully saturated rings. The second-order valence-corrected chi connectivity index (χ2v) is 5.28. The fraction of sp³-hybridized carbons (Fsp3) is 0.250. The van der Waals surface area contributed by atoms with Gasteiger partial charge in [0.05, 0.1) is 7.11 Å². The Kier molecular flexibility index (Phi) is 3.51. The first-order valence-corrected chi connectivity index (χ1v) is 6.37. The van der Waals surface area contributed by atoms with Crippen molar-refractivity contribution in [1.82, 2.24) is 4.72 Å². The Morgan fingerprint density at radius 1 is 1.62 bits per heavy atom. The van der Waals surface area contributed by atoms with Crippen LogP contribution in [0.4, 0.5) is 0 Å². The van der Waals surface area contributed by atoms with E-state index in [-0.39, 0.29) is 9.77 Å². The number of rotatable bonds is 3. The van der Waals surface area contributed by atoms with E-state index in [0.29, 0.717) is 5.56 Å². The average Bonchev–Trinajstić information content (AvgIpc) is 2.59. The third-order valence-corrected chi connectivity index (χ3v) is 4.37. The molecular weight excluding hydrogens is 252 g/mol. The van der Waals surface area contributed by atoms with Gasteiger partial charge < -0.3 is 4.74 Å². The Bertz CT molecular complexity index is 553. The largest absolute Gasteiger partial charge is 0.465 e. The number of ether oxygens (including phenoxy) is 1. The van der Waals surface area contributed by atoms with Crippen molar-refractivity contribution in [3.05, 3.63) is 15.8 Å². The summed E-state index contributed by atoms with van der Waals surface area (Å²) in [5.41, 5.74) is 0.396. The molecule has 1 heterocycles. The lowest BCUT2D eigenvalue weighted by molar-refractivity contribution is 0.0602. The lowest BCUT2D eigenvalue weighted by Gasteiger charge is -2.03. The summed E-state index contributed by atoms with van der Waals surface area (Å²) in [6.07, 6.45) is 1.32. The van der Waals surface area contributed by atoms with E-state index in [0.717, 1.165) is 18.4 Å². The van der Waals surface area contributed by atoms with Gasteiger partial charge in [-0.3, -0.25) is 0 Å². The van der Waals surface area contributed by atoms with Crippen molar-refractivity contribution in [3.63, 3.8) is 0 Å². The lowest BCUT2D eigenvalue weighted by atomic mass is 10.3. The molecule has 0 bridgehead atoms. The van der Waals surface area contributed by atoms with Gasteiger partial charge in [0.25, 0.3) is 10.0 Å². The van der Waals surface area contributed by atoms with Gasteiger partial charge in [-0.25, -0.2) is 17.9 Å². The first-order chi connectivity index (χ1) is 7.44.